The van der Waals surface area contributed by atoms with Crippen LogP contribution in [0.3, 0.4) is 0 Å². The van der Waals surface area contributed by atoms with Crippen LogP contribution in [0.25, 0.3) is 21.8 Å². The Balaban J connectivity index is 1.67. The lowest BCUT2D eigenvalue weighted by atomic mass is 10.0. The zero-order chi connectivity index (χ0) is 16.5. The molecule has 24 heavy (non-hydrogen) atoms. The highest BCUT2D eigenvalue weighted by molar-refractivity contribution is 7.13. The predicted octanol–water partition coefficient (Wildman–Crippen LogP) is 4.39. The van der Waals surface area contributed by atoms with Gasteiger partial charge in [0.1, 0.15) is 5.01 Å². The van der Waals surface area contributed by atoms with Gasteiger partial charge in [0, 0.05) is 40.5 Å². The van der Waals surface area contributed by atoms with Crippen molar-refractivity contribution in [2.75, 3.05) is 5.32 Å². The first kappa shape index (κ1) is 15.0. The van der Waals surface area contributed by atoms with Gasteiger partial charge in [-0.15, -0.1) is 11.3 Å². The van der Waals surface area contributed by atoms with Crippen molar-refractivity contribution in [3.8, 4) is 21.8 Å². The highest BCUT2D eigenvalue weighted by Gasteiger charge is 2.20. The molecule has 5 heteroatoms. The summed E-state index contributed by atoms with van der Waals surface area (Å²) in [5.41, 5.74) is 5.26. The number of carbonyl (C=O) groups is 1. The summed E-state index contributed by atoms with van der Waals surface area (Å²) in [5.74, 6) is 0.161. The molecule has 1 amide bonds. The Bertz CT molecular complexity index is 889. The largest absolute Gasteiger partial charge is 0.326 e. The van der Waals surface area contributed by atoms with Gasteiger partial charge < -0.3 is 5.32 Å². The van der Waals surface area contributed by atoms with E-state index in [0.717, 1.165) is 40.4 Å². The van der Waals surface area contributed by atoms with Gasteiger partial charge in [0.2, 0.25) is 5.91 Å². The van der Waals surface area contributed by atoms with Gasteiger partial charge in [0.15, 0.2) is 0 Å². The van der Waals surface area contributed by atoms with Gasteiger partial charge in [0.25, 0.3) is 0 Å². The van der Waals surface area contributed by atoms with Crippen LogP contribution >= 0.6 is 11.3 Å². The van der Waals surface area contributed by atoms with E-state index >= 15 is 0 Å². The number of rotatable bonds is 2. The molecule has 0 spiro atoms. The van der Waals surface area contributed by atoms with Crippen molar-refractivity contribution in [3.63, 3.8) is 0 Å². The Morgan fingerprint density at radius 1 is 1.17 bits per heavy atom. The van der Waals surface area contributed by atoms with E-state index in [-0.39, 0.29) is 11.8 Å². The number of carbonyl (C=O) groups excluding carboxylic acids is 1. The summed E-state index contributed by atoms with van der Waals surface area (Å²) in [6, 6.07) is 10.1. The zero-order valence-corrected chi connectivity index (χ0v) is 14.1. The summed E-state index contributed by atoms with van der Waals surface area (Å²) in [4.78, 5) is 20.8. The Labute approximate surface area is 144 Å². The summed E-state index contributed by atoms with van der Waals surface area (Å²) in [6.07, 6.45) is 5.34. The molecule has 0 fully saturated rings. The molecule has 3 aromatic rings. The maximum Gasteiger partial charge on any atom is 0.227 e. The molecule has 0 radical (unpaired) electrons. The van der Waals surface area contributed by atoms with Crippen molar-refractivity contribution in [2.45, 2.75) is 19.8 Å². The number of aromatic nitrogens is 2. The SMILES string of the molecule is CC1CCc2cc(-c3csc(-c4ccncc4)n3)ccc2NC1=O. The maximum absolute atomic E-state index is 12.0. The third-order valence-electron chi connectivity index (χ3n) is 4.38. The second-order valence-electron chi connectivity index (χ2n) is 6.07. The maximum atomic E-state index is 12.0. The van der Waals surface area contributed by atoms with Gasteiger partial charge >= 0.3 is 0 Å². The molecule has 0 aliphatic carbocycles. The van der Waals surface area contributed by atoms with E-state index in [1.165, 1.54) is 5.56 Å². The number of nitrogens with zero attached hydrogens (tertiary/aromatic N) is 2. The first-order valence-electron chi connectivity index (χ1n) is 8.01. The number of benzene rings is 1. The van der Waals surface area contributed by atoms with E-state index in [1.807, 2.05) is 31.2 Å². The molecule has 120 valence electrons. The molecule has 0 bridgehead atoms. The molecule has 1 unspecified atom stereocenters. The van der Waals surface area contributed by atoms with Crippen molar-refractivity contribution in [1.82, 2.24) is 9.97 Å². The number of fused-ring (bicyclic) bond motifs is 1. The Hall–Kier alpha value is -2.53. The lowest BCUT2D eigenvalue weighted by Gasteiger charge is -2.08. The number of nitrogens with one attached hydrogen (secondary N) is 1. The predicted molar refractivity (Wildman–Crippen MR) is 96.9 cm³/mol. The van der Waals surface area contributed by atoms with Gasteiger partial charge in [-0.25, -0.2) is 4.98 Å². The van der Waals surface area contributed by atoms with E-state index in [1.54, 1.807) is 23.7 Å². The fourth-order valence-electron chi connectivity index (χ4n) is 2.87. The third-order valence-corrected chi connectivity index (χ3v) is 5.28. The van der Waals surface area contributed by atoms with Gasteiger partial charge in [-0.2, -0.15) is 0 Å². The van der Waals surface area contributed by atoms with Gasteiger partial charge in [0.05, 0.1) is 5.69 Å². The lowest BCUT2D eigenvalue weighted by molar-refractivity contribution is -0.119. The molecule has 0 saturated carbocycles. The highest BCUT2D eigenvalue weighted by atomic mass is 32.1. The zero-order valence-electron chi connectivity index (χ0n) is 13.3. The molecule has 3 heterocycles. The van der Waals surface area contributed by atoms with E-state index in [9.17, 15) is 4.79 Å². The van der Waals surface area contributed by atoms with Crippen LogP contribution in [0.4, 0.5) is 5.69 Å². The first-order chi connectivity index (χ1) is 11.7. The van der Waals surface area contributed by atoms with E-state index in [4.69, 9.17) is 4.98 Å². The topological polar surface area (TPSA) is 54.9 Å². The number of aryl methyl sites for hydroxylation is 1. The summed E-state index contributed by atoms with van der Waals surface area (Å²) >= 11 is 1.63. The molecule has 1 aliphatic heterocycles. The number of hydrogen-bond donors (Lipinski definition) is 1. The molecule has 2 aromatic heterocycles. The molecule has 1 aromatic carbocycles. The normalized spacial score (nSPS) is 17.0. The van der Waals surface area contributed by atoms with Crippen molar-refractivity contribution in [2.24, 2.45) is 5.92 Å². The molecule has 4 rings (SSSR count). The van der Waals surface area contributed by atoms with Crippen LogP contribution in [-0.2, 0) is 11.2 Å². The van der Waals surface area contributed by atoms with Crippen LogP contribution in [0, 0.1) is 5.92 Å². The van der Waals surface area contributed by atoms with Crippen molar-refractivity contribution >= 4 is 22.9 Å². The van der Waals surface area contributed by atoms with Gasteiger partial charge in [-0.05, 0) is 42.7 Å². The van der Waals surface area contributed by atoms with Gasteiger partial charge in [-0.1, -0.05) is 13.0 Å². The second-order valence-corrected chi connectivity index (χ2v) is 6.93. The monoisotopic (exact) mass is 335 g/mol. The van der Waals surface area contributed by atoms with Crippen LogP contribution in [0.1, 0.15) is 18.9 Å². The summed E-state index contributed by atoms with van der Waals surface area (Å²) in [5, 5.41) is 6.09. The summed E-state index contributed by atoms with van der Waals surface area (Å²) in [7, 11) is 0. The lowest BCUT2D eigenvalue weighted by Crippen LogP contribution is -2.18. The molecule has 1 N–H and O–H groups in total. The van der Waals surface area contributed by atoms with Crippen molar-refractivity contribution < 1.29 is 4.79 Å². The highest BCUT2D eigenvalue weighted by Crippen LogP contribution is 2.32. The van der Waals surface area contributed by atoms with E-state index < -0.39 is 0 Å². The Morgan fingerprint density at radius 3 is 2.83 bits per heavy atom. The minimum atomic E-state index is 0.0541. The Kier molecular flexibility index (Phi) is 3.86. The number of thiazole rings is 1. The average molecular weight is 335 g/mol. The smallest absolute Gasteiger partial charge is 0.227 e. The van der Waals surface area contributed by atoms with E-state index in [2.05, 4.69) is 21.7 Å². The molecule has 0 saturated heterocycles. The van der Waals surface area contributed by atoms with Crippen LogP contribution in [0.15, 0.2) is 48.1 Å². The number of pyridine rings is 1. The number of anilines is 1. The van der Waals surface area contributed by atoms with Crippen LogP contribution < -0.4 is 5.32 Å². The van der Waals surface area contributed by atoms with Crippen LogP contribution in [0.2, 0.25) is 0 Å². The van der Waals surface area contributed by atoms with E-state index in [0.29, 0.717) is 0 Å². The van der Waals surface area contributed by atoms with Crippen molar-refractivity contribution in [3.05, 3.63) is 53.7 Å². The minimum absolute atomic E-state index is 0.0541. The molecular formula is C19H17N3OS. The minimum Gasteiger partial charge on any atom is -0.326 e. The number of amides is 1. The molecule has 1 atom stereocenters. The summed E-state index contributed by atoms with van der Waals surface area (Å²) < 4.78 is 0. The van der Waals surface area contributed by atoms with Crippen LogP contribution in [-0.4, -0.2) is 15.9 Å². The van der Waals surface area contributed by atoms with Gasteiger partial charge in [-0.3, -0.25) is 9.78 Å². The first-order valence-corrected chi connectivity index (χ1v) is 8.89. The molecule has 1 aliphatic rings. The number of hydrogen-bond acceptors (Lipinski definition) is 4. The average Bonchev–Trinajstić information content (AvgIpc) is 3.06. The third kappa shape index (κ3) is 2.83. The second kappa shape index (κ2) is 6.17. The molecular weight excluding hydrogens is 318 g/mol. The fourth-order valence-corrected chi connectivity index (χ4v) is 3.71. The Morgan fingerprint density at radius 2 is 2.00 bits per heavy atom. The summed E-state index contributed by atoms with van der Waals surface area (Å²) in [6.45, 7) is 1.98. The quantitative estimate of drug-likeness (QED) is 0.755. The van der Waals surface area contributed by atoms with Crippen LogP contribution in [0.5, 0.6) is 0 Å². The standard InChI is InChI=1S/C19H17N3OS/c1-12-2-3-14-10-15(4-5-16(14)21-18(12)23)17-11-24-19(22-17)13-6-8-20-9-7-13/h4-12H,2-3H2,1H3,(H,21,23). The van der Waals surface area contributed by atoms with Crippen molar-refractivity contribution in [1.29, 1.82) is 0 Å². The fraction of sp³-hybridized carbons (Fsp3) is 0.211. The molecule has 4 nitrogen and oxygen atoms in total.